The van der Waals surface area contributed by atoms with E-state index < -0.39 is 18.0 Å². The second-order valence-electron chi connectivity index (χ2n) is 8.14. The molecule has 1 aromatic heterocycles. The first kappa shape index (κ1) is 22.5. The van der Waals surface area contributed by atoms with Crippen molar-refractivity contribution in [1.82, 2.24) is 19.6 Å². The van der Waals surface area contributed by atoms with E-state index in [1.807, 2.05) is 0 Å². The van der Waals surface area contributed by atoms with Crippen molar-refractivity contribution in [3.63, 3.8) is 0 Å². The third-order valence-electron chi connectivity index (χ3n) is 5.79. The Balaban J connectivity index is 1.93. The molecule has 4 N–H and O–H groups in total. The first-order valence-corrected chi connectivity index (χ1v) is 10.5. The number of benzene rings is 2. The zero-order chi connectivity index (χ0) is 24.6. The number of fused-ring (bicyclic) bond motifs is 1. The van der Waals surface area contributed by atoms with Gasteiger partial charge in [0.15, 0.2) is 0 Å². The Morgan fingerprint density at radius 2 is 1.79 bits per heavy atom. The Labute approximate surface area is 196 Å². The standard InChI is InChI=1S/C24H23N7O3/c1-29(2)23(33)17-5-3-4-16(12-17)19-18(22(26)32)21-20(15-8-6-14(13-25)7-9-15)30(24(27)34)10-11-31(21)28-19/h3-9,12,20H,10-11H2,1-2H3,(H2,26,32)(H2,27,34). The van der Waals surface area contributed by atoms with Gasteiger partial charge in [0.1, 0.15) is 11.7 Å². The number of nitrogens with two attached hydrogens (primary N) is 2. The fraction of sp³-hybridized carbons (Fsp3) is 0.208. The lowest BCUT2D eigenvalue weighted by atomic mass is 9.93. The van der Waals surface area contributed by atoms with Crippen LogP contribution in [-0.4, -0.2) is 58.1 Å². The zero-order valence-electron chi connectivity index (χ0n) is 18.7. The summed E-state index contributed by atoms with van der Waals surface area (Å²) in [5.74, 6) is -0.910. The minimum atomic E-state index is -0.727. The van der Waals surface area contributed by atoms with Crippen LogP contribution in [0.1, 0.15) is 43.6 Å². The van der Waals surface area contributed by atoms with E-state index in [0.717, 1.165) is 0 Å². The minimum Gasteiger partial charge on any atom is -0.365 e. The van der Waals surface area contributed by atoms with Crippen LogP contribution in [0.2, 0.25) is 0 Å². The maximum Gasteiger partial charge on any atom is 0.315 e. The van der Waals surface area contributed by atoms with Crippen LogP contribution in [0.3, 0.4) is 0 Å². The van der Waals surface area contributed by atoms with Gasteiger partial charge in [-0.25, -0.2) is 4.79 Å². The predicted octanol–water partition coefficient (Wildman–Crippen LogP) is 1.71. The van der Waals surface area contributed by atoms with Crippen molar-refractivity contribution in [3.05, 3.63) is 76.5 Å². The molecular formula is C24H23N7O3. The molecule has 0 bridgehead atoms. The van der Waals surface area contributed by atoms with Crippen LogP contribution in [0.5, 0.6) is 0 Å². The third-order valence-corrected chi connectivity index (χ3v) is 5.79. The fourth-order valence-electron chi connectivity index (χ4n) is 4.22. The number of aromatic nitrogens is 2. The van der Waals surface area contributed by atoms with Crippen LogP contribution in [-0.2, 0) is 6.54 Å². The van der Waals surface area contributed by atoms with Gasteiger partial charge < -0.3 is 21.3 Å². The Morgan fingerprint density at radius 1 is 1.09 bits per heavy atom. The second-order valence-corrected chi connectivity index (χ2v) is 8.14. The molecule has 1 aliphatic rings. The van der Waals surface area contributed by atoms with Gasteiger partial charge >= 0.3 is 6.03 Å². The van der Waals surface area contributed by atoms with Gasteiger partial charge in [-0.2, -0.15) is 10.4 Å². The van der Waals surface area contributed by atoms with Crippen LogP contribution in [0.15, 0.2) is 48.5 Å². The van der Waals surface area contributed by atoms with E-state index in [0.29, 0.717) is 40.2 Å². The van der Waals surface area contributed by atoms with Crippen LogP contribution in [0.25, 0.3) is 11.3 Å². The molecule has 10 nitrogen and oxygen atoms in total. The third kappa shape index (κ3) is 3.84. The number of hydrogen-bond donors (Lipinski definition) is 2. The molecule has 0 spiro atoms. The lowest BCUT2D eigenvalue weighted by Gasteiger charge is -2.35. The molecule has 3 aromatic rings. The molecule has 34 heavy (non-hydrogen) atoms. The van der Waals surface area contributed by atoms with Gasteiger partial charge in [0.25, 0.3) is 11.8 Å². The van der Waals surface area contributed by atoms with E-state index in [1.54, 1.807) is 67.3 Å². The highest BCUT2D eigenvalue weighted by Gasteiger charge is 2.38. The van der Waals surface area contributed by atoms with Crippen molar-refractivity contribution in [2.75, 3.05) is 20.6 Å². The Kier molecular flexibility index (Phi) is 5.77. The summed E-state index contributed by atoms with van der Waals surface area (Å²) in [6.07, 6.45) is 0. The van der Waals surface area contributed by atoms with Crippen molar-refractivity contribution in [2.24, 2.45) is 11.5 Å². The van der Waals surface area contributed by atoms with E-state index >= 15 is 0 Å². The number of carbonyl (C=O) groups excluding carboxylic acids is 3. The van der Waals surface area contributed by atoms with Crippen LogP contribution >= 0.6 is 0 Å². The van der Waals surface area contributed by atoms with Crippen molar-refractivity contribution < 1.29 is 14.4 Å². The van der Waals surface area contributed by atoms with Crippen molar-refractivity contribution in [1.29, 1.82) is 5.26 Å². The van der Waals surface area contributed by atoms with Gasteiger partial charge in [-0.3, -0.25) is 14.3 Å². The van der Waals surface area contributed by atoms with Gasteiger partial charge in [0.2, 0.25) is 0 Å². The first-order chi connectivity index (χ1) is 16.2. The molecule has 1 unspecified atom stereocenters. The second kappa shape index (κ2) is 8.71. The average Bonchev–Trinajstić information content (AvgIpc) is 3.23. The molecule has 10 heteroatoms. The largest absolute Gasteiger partial charge is 0.365 e. The van der Waals surface area contributed by atoms with E-state index in [4.69, 9.17) is 16.7 Å². The van der Waals surface area contributed by atoms with Gasteiger partial charge in [-0.05, 0) is 29.8 Å². The van der Waals surface area contributed by atoms with Crippen LogP contribution in [0, 0.1) is 11.3 Å². The molecule has 0 fully saturated rings. The molecule has 1 aliphatic heterocycles. The molecule has 172 valence electrons. The Morgan fingerprint density at radius 3 is 2.38 bits per heavy atom. The SMILES string of the molecule is CN(C)C(=O)c1cccc(-c2nn3c(c2C(N)=O)C(c2ccc(C#N)cc2)N(C(N)=O)CC3)c1. The summed E-state index contributed by atoms with van der Waals surface area (Å²) in [6, 6.07) is 14.2. The molecule has 2 heterocycles. The topological polar surface area (TPSA) is 151 Å². The Bertz CT molecular complexity index is 1340. The number of carbonyl (C=O) groups is 3. The van der Waals surface area contributed by atoms with E-state index in [1.165, 1.54) is 9.80 Å². The molecule has 0 aliphatic carbocycles. The van der Waals surface area contributed by atoms with E-state index in [2.05, 4.69) is 11.2 Å². The summed E-state index contributed by atoms with van der Waals surface area (Å²) in [5, 5.41) is 13.8. The molecule has 0 saturated heterocycles. The summed E-state index contributed by atoms with van der Waals surface area (Å²) in [5.41, 5.74) is 14.5. The maximum absolute atomic E-state index is 12.7. The maximum atomic E-state index is 12.7. The smallest absolute Gasteiger partial charge is 0.315 e. The van der Waals surface area contributed by atoms with Gasteiger partial charge in [0.05, 0.1) is 29.4 Å². The highest BCUT2D eigenvalue weighted by Crippen LogP contribution is 2.38. The van der Waals surface area contributed by atoms with Gasteiger partial charge in [-0.1, -0.05) is 24.3 Å². The van der Waals surface area contributed by atoms with Crippen molar-refractivity contribution >= 4 is 17.8 Å². The molecule has 1 atom stereocenters. The highest BCUT2D eigenvalue weighted by molar-refractivity contribution is 6.01. The lowest BCUT2D eigenvalue weighted by Crippen LogP contribution is -2.46. The summed E-state index contributed by atoms with van der Waals surface area (Å²) in [6.45, 7) is 0.577. The quantitative estimate of drug-likeness (QED) is 0.611. The number of nitriles is 1. The number of primary amides is 2. The van der Waals surface area contributed by atoms with Crippen LogP contribution < -0.4 is 11.5 Å². The molecule has 4 rings (SSSR count). The average molecular weight is 457 g/mol. The minimum absolute atomic E-state index is 0.148. The first-order valence-electron chi connectivity index (χ1n) is 10.5. The molecule has 0 saturated carbocycles. The normalized spacial score (nSPS) is 14.7. The Hall–Kier alpha value is -4.65. The lowest BCUT2D eigenvalue weighted by molar-refractivity contribution is 0.0827. The number of urea groups is 1. The molecular weight excluding hydrogens is 434 g/mol. The fourth-order valence-corrected chi connectivity index (χ4v) is 4.22. The molecule has 4 amide bonds. The van der Waals surface area contributed by atoms with E-state index in [9.17, 15) is 14.4 Å². The van der Waals surface area contributed by atoms with E-state index in [-0.39, 0.29) is 18.0 Å². The molecule has 2 aromatic carbocycles. The number of nitrogens with zero attached hydrogens (tertiary/aromatic N) is 5. The van der Waals surface area contributed by atoms with Crippen molar-refractivity contribution in [2.45, 2.75) is 12.6 Å². The van der Waals surface area contributed by atoms with Gasteiger partial charge in [-0.15, -0.1) is 0 Å². The van der Waals surface area contributed by atoms with Crippen molar-refractivity contribution in [3.8, 4) is 17.3 Å². The summed E-state index contributed by atoms with van der Waals surface area (Å²) < 4.78 is 1.65. The molecule has 0 radical (unpaired) electrons. The number of amides is 4. The number of rotatable bonds is 4. The summed E-state index contributed by atoms with van der Waals surface area (Å²) in [7, 11) is 3.31. The summed E-state index contributed by atoms with van der Waals surface area (Å²) >= 11 is 0. The van der Waals surface area contributed by atoms with Gasteiger partial charge in [0, 0.05) is 31.8 Å². The monoisotopic (exact) mass is 457 g/mol. The predicted molar refractivity (Wildman–Crippen MR) is 123 cm³/mol. The summed E-state index contributed by atoms with van der Waals surface area (Å²) in [4.78, 5) is 40.4. The highest BCUT2D eigenvalue weighted by atomic mass is 16.2. The van der Waals surface area contributed by atoms with Crippen LogP contribution in [0.4, 0.5) is 4.79 Å². The zero-order valence-corrected chi connectivity index (χ0v) is 18.7. The number of hydrogen-bond acceptors (Lipinski definition) is 5.